The summed E-state index contributed by atoms with van der Waals surface area (Å²) in [5.74, 6) is -1.19. The summed E-state index contributed by atoms with van der Waals surface area (Å²) in [6.07, 6.45) is 1.69. The fraction of sp³-hybridized carbons (Fsp3) is 0.240. The van der Waals surface area contributed by atoms with Gasteiger partial charge in [-0.15, -0.1) is 0 Å². The fourth-order valence-corrected chi connectivity index (χ4v) is 3.97. The van der Waals surface area contributed by atoms with Crippen LogP contribution in [0.5, 0.6) is 0 Å². The van der Waals surface area contributed by atoms with Gasteiger partial charge in [-0.2, -0.15) is 0 Å². The summed E-state index contributed by atoms with van der Waals surface area (Å²) in [5, 5.41) is 2.97. The molecule has 0 spiro atoms. The standard InChI is InChI=1S/C25H24FN3O2/c1-17-5-7-18(8-6-17)22-15-29(25(31)19-9-11-20(26)12-10-19)16-23(22)24(30)28-14-21-4-2-3-13-27-21/h2-13,22-23H,14-16H2,1H3,(H,28,30). The fourth-order valence-electron chi connectivity index (χ4n) is 3.97. The monoisotopic (exact) mass is 417 g/mol. The van der Waals surface area contributed by atoms with Gasteiger partial charge in [0.2, 0.25) is 5.91 Å². The van der Waals surface area contributed by atoms with E-state index in [9.17, 15) is 14.0 Å². The summed E-state index contributed by atoms with van der Waals surface area (Å²) in [6.45, 7) is 3.09. The highest BCUT2D eigenvalue weighted by Gasteiger charge is 2.40. The summed E-state index contributed by atoms with van der Waals surface area (Å²) >= 11 is 0. The molecule has 2 amide bonds. The molecule has 2 heterocycles. The third-order valence-corrected chi connectivity index (χ3v) is 5.71. The number of hydrogen-bond donors (Lipinski definition) is 1. The van der Waals surface area contributed by atoms with Crippen LogP contribution in [0.1, 0.15) is 33.1 Å². The van der Waals surface area contributed by atoms with E-state index in [2.05, 4.69) is 10.3 Å². The molecule has 31 heavy (non-hydrogen) atoms. The van der Waals surface area contributed by atoms with E-state index in [0.29, 0.717) is 25.2 Å². The summed E-state index contributed by atoms with van der Waals surface area (Å²) in [6, 6.07) is 19.1. The molecule has 0 radical (unpaired) electrons. The van der Waals surface area contributed by atoms with Crippen LogP contribution in [0.25, 0.3) is 0 Å². The highest BCUT2D eigenvalue weighted by molar-refractivity contribution is 5.95. The van der Waals surface area contributed by atoms with Crippen LogP contribution in [0.4, 0.5) is 4.39 Å². The molecule has 0 bridgehead atoms. The molecule has 2 atom stereocenters. The van der Waals surface area contributed by atoms with Gasteiger partial charge >= 0.3 is 0 Å². The normalized spacial score (nSPS) is 18.1. The first-order chi connectivity index (χ1) is 15.0. The molecular formula is C25H24FN3O2. The molecule has 5 nitrogen and oxygen atoms in total. The van der Waals surface area contributed by atoms with Crippen LogP contribution in [0.2, 0.25) is 0 Å². The Morgan fingerprint density at radius 2 is 1.77 bits per heavy atom. The number of likely N-dealkylation sites (tertiary alicyclic amines) is 1. The van der Waals surface area contributed by atoms with Crippen LogP contribution in [-0.2, 0) is 11.3 Å². The van der Waals surface area contributed by atoms with Crippen molar-refractivity contribution >= 4 is 11.8 Å². The largest absolute Gasteiger partial charge is 0.350 e. The third-order valence-electron chi connectivity index (χ3n) is 5.71. The molecule has 1 fully saturated rings. The average Bonchev–Trinajstić information content (AvgIpc) is 3.24. The Balaban J connectivity index is 1.54. The predicted molar refractivity (Wildman–Crippen MR) is 116 cm³/mol. The van der Waals surface area contributed by atoms with Gasteiger partial charge in [0.1, 0.15) is 5.82 Å². The van der Waals surface area contributed by atoms with Gasteiger partial charge in [0, 0.05) is 30.8 Å². The Morgan fingerprint density at radius 3 is 2.45 bits per heavy atom. The highest BCUT2D eigenvalue weighted by atomic mass is 19.1. The maximum Gasteiger partial charge on any atom is 0.253 e. The molecule has 3 aromatic rings. The van der Waals surface area contributed by atoms with Crippen LogP contribution in [0, 0.1) is 18.7 Å². The van der Waals surface area contributed by atoms with E-state index < -0.39 is 0 Å². The van der Waals surface area contributed by atoms with Crippen molar-refractivity contribution in [2.75, 3.05) is 13.1 Å². The molecule has 1 aliphatic rings. The van der Waals surface area contributed by atoms with Gasteiger partial charge in [0.15, 0.2) is 0 Å². The molecule has 2 unspecified atom stereocenters. The SMILES string of the molecule is Cc1ccc(C2CN(C(=O)c3ccc(F)cc3)CC2C(=O)NCc2ccccn2)cc1. The number of rotatable bonds is 5. The first kappa shape index (κ1) is 20.7. The number of carbonyl (C=O) groups excluding carboxylic acids is 2. The molecule has 1 aliphatic heterocycles. The lowest BCUT2D eigenvalue weighted by atomic mass is 9.88. The first-order valence-electron chi connectivity index (χ1n) is 10.3. The Labute approximate surface area is 180 Å². The van der Waals surface area contributed by atoms with E-state index >= 15 is 0 Å². The maximum atomic E-state index is 13.3. The van der Waals surface area contributed by atoms with Crippen molar-refractivity contribution in [2.24, 2.45) is 5.92 Å². The zero-order valence-corrected chi connectivity index (χ0v) is 17.3. The Kier molecular flexibility index (Phi) is 6.07. The third kappa shape index (κ3) is 4.79. The minimum absolute atomic E-state index is 0.106. The van der Waals surface area contributed by atoms with Crippen molar-refractivity contribution in [1.82, 2.24) is 15.2 Å². The van der Waals surface area contributed by atoms with Crippen LogP contribution >= 0.6 is 0 Å². The minimum Gasteiger partial charge on any atom is -0.350 e. The Bertz CT molecular complexity index is 1050. The smallest absolute Gasteiger partial charge is 0.253 e. The lowest BCUT2D eigenvalue weighted by Crippen LogP contribution is -2.35. The second-order valence-electron chi connectivity index (χ2n) is 7.88. The lowest BCUT2D eigenvalue weighted by molar-refractivity contribution is -0.125. The number of amides is 2. The molecule has 0 saturated carbocycles. The van der Waals surface area contributed by atoms with Crippen molar-refractivity contribution in [3.8, 4) is 0 Å². The number of aryl methyl sites for hydroxylation is 1. The van der Waals surface area contributed by atoms with E-state index in [-0.39, 0.29) is 29.5 Å². The van der Waals surface area contributed by atoms with Crippen LogP contribution < -0.4 is 5.32 Å². The van der Waals surface area contributed by atoms with Crippen molar-refractivity contribution in [1.29, 1.82) is 0 Å². The van der Waals surface area contributed by atoms with E-state index in [1.807, 2.05) is 49.4 Å². The van der Waals surface area contributed by atoms with Gasteiger partial charge < -0.3 is 10.2 Å². The van der Waals surface area contributed by atoms with Crippen molar-refractivity contribution in [2.45, 2.75) is 19.4 Å². The Hall–Kier alpha value is -3.54. The van der Waals surface area contributed by atoms with E-state index in [0.717, 1.165) is 16.8 Å². The van der Waals surface area contributed by atoms with Gasteiger partial charge in [-0.25, -0.2) is 4.39 Å². The van der Waals surface area contributed by atoms with Gasteiger partial charge in [-0.05, 0) is 48.9 Å². The van der Waals surface area contributed by atoms with Gasteiger partial charge in [-0.3, -0.25) is 14.6 Å². The molecule has 1 saturated heterocycles. The van der Waals surface area contributed by atoms with Gasteiger partial charge in [0.05, 0.1) is 18.2 Å². The number of nitrogens with one attached hydrogen (secondary N) is 1. The number of hydrogen-bond acceptors (Lipinski definition) is 3. The average molecular weight is 417 g/mol. The zero-order valence-electron chi connectivity index (χ0n) is 17.3. The topological polar surface area (TPSA) is 62.3 Å². The highest BCUT2D eigenvalue weighted by Crippen LogP contribution is 2.34. The summed E-state index contributed by atoms with van der Waals surface area (Å²) < 4.78 is 13.3. The van der Waals surface area contributed by atoms with Crippen molar-refractivity contribution < 1.29 is 14.0 Å². The van der Waals surface area contributed by atoms with Gasteiger partial charge in [0.25, 0.3) is 5.91 Å². The molecule has 2 aromatic carbocycles. The summed E-state index contributed by atoms with van der Waals surface area (Å²) in [4.78, 5) is 32.0. The number of halogens is 1. The molecule has 6 heteroatoms. The van der Waals surface area contributed by atoms with E-state index in [4.69, 9.17) is 0 Å². The van der Waals surface area contributed by atoms with Crippen LogP contribution in [0.3, 0.4) is 0 Å². The molecule has 0 aliphatic carbocycles. The molecule has 1 N–H and O–H groups in total. The van der Waals surface area contributed by atoms with Crippen molar-refractivity contribution in [3.05, 3.63) is 101 Å². The lowest BCUT2D eigenvalue weighted by Gasteiger charge is -2.18. The molecule has 158 valence electrons. The second kappa shape index (κ2) is 9.08. The van der Waals surface area contributed by atoms with E-state index in [1.165, 1.54) is 24.3 Å². The van der Waals surface area contributed by atoms with E-state index in [1.54, 1.807) is 11.1 Å². The second-order valence-corrected chi connectivity index (χ2v) is 7.88. The number of aromatic nitrogens is 1. The number of nitrogens with zero attached hydrogens (tertiary/aromatic N) is 2. The summed E-state index contributed by atoms with van der Waals surface area (Å²) in [5.41, 5.74) is 3.36. The predicted octanol–water partition coefficient (Wildman–Crippen LogP) is 3.70. The first-order valence-corrected chi connectivity index (χ1v) is 10.3. The number of benzene rings is 2. The molecule has 4 rings (SSSR count). The van der Waals surface area contributed by atoms with Crippen molar-refractivity contribution in [3.63, 3.8) is 0 Å². The van der Waals surface area contributed by atoms with Gasteiger partial charge in [-0.1, -0.05) is 35.9 Å². The minimum atomic E-state index is -0.387. The zero-order chi connectivity index (χ0) is 21.8. The quantitative estimate of drug-likeness (QED) is 0.689. The summed E-state index contributed by atoms with van der Waals surface area (Å²) in [7, 11) is 0. The molecular weight excluding hydrogens is 393 g/mol. The van der Waals surface area contributed by atoms with Crippen LogP contribution in [0.15, 0.2) is 72.9 Å². The number of carbonyl (C=O) groups is 2. The molecule has 1 aromatic heterocycles. The van der Waals surface area contributed by atoms with Crippen LogP contribution in [-0.4, -0.2) is 34.8 Å². The number of pyridine rings is 1. The Morgan fingerprint density at radius 1 is 1.03 bits per heavy atom. The maximum absolute atomic E-state index is 13.3.